The van der Waals surface area contributed by atoms with Crippen molar-refractivity contribution in [3.8, 4) is 17.2 Å². The number of carbonyl (C=O) groups is 1. The van der Waals surface area contributed by atoms with Gasteiger partial charge in [-0.05, 0) is 36.4 Å². The maximum absolute atomic E-state index is 12.1. The highest BCUT2D eigenvalue weighted by Crippen LogP contribution is 2.30. The van der Waals surface area contributed by atoms with Crippen LogP contribution in [0, 0.1) is 0 Å². The van der Waals surface area contributed by atoms with E-state index >= 15 is 0 Å². The van der Waals surface area contributed by atoms with Gasteiger partial charge in [0.05, 0.1) is 19.4 Å². The fourth-order valence-electron chi connectivity index (χ4n) is 2.16. The summed E-state index contributed by atoms with van der Waals surface area (Å²) in [4.78, 5) is 12.1. The minimum Gasteiger partial charge on any atom is -0.507 e. The Morgan fingerprint density at radius 2 is 1.96 bits per heavy atom. The average molecular weight is 347 g/mol. The Kier molecular flexibility index (Phi) is 4.86. The number of nitrogens with zero attached hydrogens (tertiary/aromatic N) is 1. The van der Waals surface area contributed by atoms with E-state index < -0.39 is 5.91 Å². The van der Waals surface area contributed by atoms with Crippen molar-refractivity contribution in [2.75, 3.05) is 13.2 Å². The third-order valence-electron chi connectivity index (χ3n) is 3.37. The molecule has 1 aliphatic heterocycles. The predicted molar refractivity (Wildman–Crippen MR) is 90.2 cm³/mol. The zero-order chi connectivity index (χ0) is 16.9. The molecule has 1 heterocycles. The number of phenolic OH excluding ortho intramolecular Hbond substituents is 1. The summed E-state index contributed by atoms with van der Waals surface area (Å²) >= 11 is 5.85. The molecule has 0 atom stereocenters. The van der Waals surface area contributed by atoms with Crippen molar-refractivity contribution in [3.05, 3.63) is 52.5 Å². The zero-order valence-electron chi connectivity index (χ0n) is 12.7. The normalized spacial score (nSPS) is 13.5. The molecule has 0 unspecified atom stereocenters. The molecule has 3 rings (SSSR count). The number of aromatic hydroxyl groups is 1. The van der Waals surface area contributed by atoms with Gasteiger partial charge in [-0.2, -0.15) is 5.10 Å². The van der Waals surface area contributed by atoms with Crippen molar-refractivity contribution < 1.29 is 19.4 Å². The second kappa shape index (κ2) is 7.23. The number of hydrazone groups is 1. The number of benzene rings is 2. The Morgan fingerprint density at radius 3 is 2.79 bits per heavy atom. The number of hydrogen-bond acceptors (Lipinski definition) is 5. The van der Waals surface area contributed by atoms with Gasteiger partial charge >= 0.3 is 0 Å². The van der Waals surface area contributed by atoms with Crippen molar-refractivity contribution in [2.24, 2.45) is 5.10 Å². The molecule has 0 saturated heterocycles. The lowest BCUT2D eigenvalue weighted by Crippen LogP contribution is -2.17. The summed E-state index contributed by atoms with van der Waals surface area (Å²) in [6.45, 7) is 1.14. The van der Waals surface area contributed by atoms with Crippen molar-refractivity contribution in [1.82, 2.24) is 5.43 Å². The third kappa shape index (κ3) is 3.78. The number of fused-ring (bicyclic) bond motifs is 1. The van der Waals surface area contributed by atoms with E-state index in [1.54, 1.807) is 30.3 Å². The highest BCUT2D eigenvalue weighted by atomic mass is 35.5. The van der Waals surface area contributed by atoms with E-state index in [-0.39, 0.29) is 5.75 Å². The highest BCUT2D eigenvalue weighted by molar-refractivity contribution is 6.30. The van der Waals surface area contributed by atoms with Gasteiger partial charge in [-0.1, -0.05) is 11.6 Å². The van der Waals surface area contributed by atoms with Crippen molar-refractivity contribution >= 4 is 23.7 Å². The van der Waals surface area contributed by atoms with Crippen molar-refractivity contribution in [1.29, 1.82) is 0 Å². The molecule has 0 bridgehead atoms. The van der Waals surface area contributed by atoms with Gasteiger partial charge in [0.15, 0.2) is 11.5 Å². The third-order valence-corrected chi connectivity index (χ3v) is 3.60. The van der Waals surface area contributed by atoms with E-state index in [1.807, 2.05) is 0 Å². The van der Waals surface area contributed by atoms with Crippen LogP contribution >= 0.6 is 11.6 Å². The lowest BCUT2D eigenvalue weighted by molar-refractivity contribution is 0.0954. The molecule has 24 heavy (non-hydrogen) atoms. The van der Waals surface area contributed by atoms with Gasteiger partial charge in [-0.3, -0.25) is 4.79 Å². The molecule has 0 aromatic heterocycles. The van der Waals surface area contributed by atoms with E-state index in [4.69, 9.17) is 21.1 Å². The zero-order valence-corrected chi connectivity index (χ0v) is 13.4. The second-order valence-corrected chi connectivity index (χ2v) is 5.55. The Morgan fingerprint density at radius 1 is 1.17 bits per heavy atom. The molecule has 6 nitrogen and oxygen atoms in total. The van der Waals surface area contributed by atoms with Gasteiger partial charge in [-0.15, -0.1) is 0 Å². The monoisotopic (exact) mass is 346 g/mol. The van der Waals surface area contributed by atoms with E-state index in [0.29, 0.717) is 40.9 Å². The molecule has 0 spiro atoms. The number of amides is 1. The fraction of sp³-hybridized carbons (Fsp3) is 0.176. The lowest BCUT2D eigenvalue weighted by atomic mass is 10.2. The molecule has 2 aromatic rings. The molecule has 1 aliphatic rings. The topological polar surface area (TPSA) is 80.2 Å². The van der Waals surface area contributed by atoms with Crippen LogP contribution in [0.1, 0.15) is 22.3 Å². The van der Waals surface area contributed by atoms with Crippen LogP contribution in [0.15, 0.2) is 41.5 Å². The van der Waals surface area contributed by atoms with Crippen molar-refractivity contribution in [3.63, 3.8) is 0 Å². The molecule has 2 N–H and O–H groups in total. The van der Waals surface area contributed by atoms with Gasteiger partial charge in [-0.25, -0.2) is 5.43 Å². The summed E-state index contributed by atoms with van der Waals surface area (Å²) in [6, 6.07) is 9.50. The number of nitrogens with one attached hydrogen (secondary N) is 1. The maximum atomic E-state index is 12.1. The van der Waals surface area contributed by atoms with Gasteiger partial charge in [0.25, 0.3) is 5.91 Å². The molecule has 7 heteroatoms. The lowest BCUT2D eigenvalue weighted by Gasteiger charge is -2.08. The van der Waals surface area contributed by atoms with Crippen LogP contribution < -0.4 is 14.9 Å². The molecular weight excluding hydrogens is 332 g/mol. The summed E-state index contributed by atoms with van der Waals surface area (Å²) in [6.07, 6.45) is 2.12. The van der Waals surface area contributed by atoms with Gasteiger partial charge in [0, 0.05) is 22.6 Å². The smallest absolute Gasteiger partial charge is 0.271 e. The quantitative estimate of drug-likeness (QED) is 0.661. The van der Waals surface area contributed by atoms with Crippen LogP contribution in [0.25, 0.3) is 0 Å². The Balaban J connectivity index is 1.70. The minimum atomic E-state index is -0.400. The summed E-state index contributed by atoms with van der Waals surface area (Å²) in [5.41, 5.74) is 3.20. The van der Waals surface area contributed by atoms with E-state index in [2.05, 4.69) is 10.5 Å². The first-order valence-corrected chi connectivity index (χ1v) is 7.73. The Bertz CT molecular complexity index is 792. The first-order chi connectivity index (χ1) is 11.6. The summed E-state index contributed by atoms with van der Waals surface area (Å²) in [5, 5.41) is 14.0. The summed E-state index contributed by atoms with van der Waals surface area (Å²) < 4.78 is 11.1. The van der Waals surface area contributed by atoms with E-state index in [1.165, 1.54) is 12.3 Å². The number of hydrogen-bond donors (Lipinski definition) is 2. The van der Waals surface area contributed by atoms with Crippen LogP contribution in [0.2, 0.25) is 5.02 Å². The molecule has 1 amide bonds. The number of halogens is 1. The molecular formula is C17H15ClN2O4. The standard InChI is InChI=1S/C17H15ClN2O4/c18-13-3-4-14(21)12(8-13)10-19-20-17(22)11-2-5-15-16(9-11)24-7-1-6-23-15/h2-5,8-10,21H,1,6-7H2,(H,20,22)/b19-10+. The molecule has 0 saturated carbocycles. The fourth-order valence-corrected chi connectivity index (χ4v) is 2.34. The first kappa shape index (κ1) is 16.1. The van der Waals surface area contributed by atoms with Crippen LogP contribution in [-0.2, 0) is 0 Å². The molecule has 124 valence electrons. The SMILES string of the molecule is O=C(N/N=C/c1cc(Cl)ccc1O)c1ccc2c(c1)OCCCO2. The Labute approximate surface area is 143 Å². The number of rotatable bonds is 3. The minimum absolute atomic E-state index is 0.0213. The molecule has 0 aliphatic carbocycles. The summed E-state index contributed by atoms with van der Waals surface area (Å²) in [5.74, 6) is 0.782. The van der Waals surface area contributed by atoms with Crippen LogP contribution in [-0.4, -0.2) is 30.4 Å². The second-order valence-electron chi connectivity index (χ2n) is 5.11. The first-order valence-electron chi connectivity index (χ1n) is 7.35. The Hall–Kier alpha value is -2.73. The van der Waals surface area contributed by atoms with Crippen LogP contribution in [0.4, 0.5) is 0 Å². The largest absolute Gasteiger partial charge is 0.507 e. The van der Waals surface area contributed by atoms with Gasteiger partial charge in [0.1, 0.15) is 5.75 Å². The van der Waals surface area contributed by atoms with Crippen LogP contribution in [0.5, 0.6) is 17.2 Å². The molecule has 2 aromatic carbocycles. The number of carbonyl (C=O) groups excluding carboxylic acids is 1. The van der Waals surface area contributed by atoms with Gasteiger partial charge in [0.2, 0.25) is 0 Å². The molecule has 0 radical (unpaired) electrons. The maximum Gasteiger partial charge on any atom is 0.271 e. The predicted octanol–water partition coefficient (Wildman–Crippen LogP) is 2.97. The average Bonchev–Trinajstić information content (AvgIpc) is 2.82. The highest BCUT2D eigenvalue weighted by Gasteiger charge is 2.13. The summed E-state index contributed by atoms with van der Waals surface area (Å²) in [7, 11) is 0. The number of ether oxygens (including phenoxy) is 2. The molecule has 0 fully saturated rings. The van der Waals surface area contributed by atoms with E-state index in [0.717, 1.165) is 6.42 Å². The van der Waals surface area contributed by atoms with E-state index in [9.17, 15) is 9.90 Å². The van der Waals surface area contributed by atoms with Crippen LogP contribution in [0.3, 0.4) is 0 Å². The number of phenols is 1. The van der Waals surface area contributed by atoms with Crippen molar-refractivity contribution in [2.45, 2.75) is 6.42 Å². The van der Waals surface area contributed by atoms with Gasteiger partial charge < -0.3 is 14.6 Å².